The number of carbonyl (C=O) groups excluding carboxylic acids is 1. The number of carbonyl (C=O) groups is 1. The van der Waals surface area contributed by atoms with E-state index in [4.69, 9.17) is 32.0 Å². The van der Waals surface area contributed by atoms with Crippen LogP contribution in [0.4, 0.5) is 0 Å². The molecule has 0 saturated carbocycles. The van der Waals surface area contributed by atoms with Gasteiger partial charge in [0, 0.05) is 0 Å². The monoisotopic (exact) mass is 196 g/mol. The van der Waals surface area contributed by atoms with Crippen LogP contribution in [0.2, 0.25) is 0 Å². The molecule has 0 atom stereocenters. The van der Waals surface area contributed by atoms with Gasteiger partial charge < -0.3 is 4.79 Å². The Morgan fingerprint density at radius 1 is 1.50 bits per heavy atom. The van der Waals surface area contributed by atoms with E-state index in [1.54, 1.807) is 0 Å². The second-order valence-corrected chi connectivity index (χ2v) is 14.6. The van der Waals surface area contributed by atoms with Crippen molar-refractivity contribution in [1.29, 1.82) is 0 Å². The molecule has 0 aliphatic heterocycles. The fourth-order valence-electron chi connectivity index (χ4n) is 0.159. The van der Waals surface area contributed by atoms with Crippen molar-refractivity contribution in [1.82, 2.24) is 0 Å². The quantitative estimate of drug-likeness (QED) is 0.531. The molecular weight excluding hydrogens is 190 g/mol. The summed E-state index contributed by atoms with van der Waals surface area (Å²) < 4.78 is 0. The molecule has 0 aromatic rings. The molecule has 0 aromatic carbocycles. The van der Waals surface area contributed by atoms with E-state index in [9.17, 15) is 4.79 Å². The lowest BCUT2D eigenvalue weighted by Crippen LogP contribution is -1.97. The van der Waals surface area contributed by atoms with Crippen LogP contribution in [0.3, 0.4) is 0 Å². The highest BCUT2D eigenvalue weighted by Crippen LogP contribution is 2.79. The van der Waals surface area contributed by atoms with E-state index in [-0.39, 0.29) is 5.75 Å². The molecule has 1 nitrogen and oxygen atoms in total. The predicted octanol–water partition coefficient (Wildman–Crippen LogP) is 2.35. The van der Waals surface area contributed by atoms with E-state index in [2.05, 4.69) is 0 Å². The molecule has 5 heteroatoms. The lowest BCUT2D eigenvalue weighted by atomic mass is 10.9. The number of hydrogen-bond donors (Lipinski definition) is 1. The van der Waals surface area contributed by atoms with Gasteiger partial charge in [-0.3, -0.25) is 0 Å². The maximum atomic E-state index is 9.80. The van der Waals surface area contributed by atoms with Gasteiger partial charge in [0.2, 0.25) is 0 Å². The molecule has 0 rings (SSSR count). The van der Waals surface area contributed by atoms with Crippen molar-refractivity contribution >= 4 is 45.1 Å². The summed E-state index contributed by atoms with van der Waals surface area (Å²) in [5.74, 6) is 0.0519. The van der Waals surface area contributed by atoms with Gasteiger partial charge in [-0.05, 0) is 6.26 Å². The Labute approximate surface area is 62.1 Å². The average molecular weight is 198 g/mol. The average Bonchev–Trinajstić information content (AvgIpc) is 1.25. The molecule has 52 valence electrons. The van der Waals surface area contributed by atoms with Gasteiger partial charge >= 0.3 is 0 Å². The third-order valence-electron chi connectivity index (χ3n) is 0.464. The molecule has 0 N–H and O–H groups in total. The summed E-state index contributed by atoms with van der Waals surface area (Å²) in [6, 6.07) is 0. The van der Waals surface area contributed by atoms with Crippen LogP contribution in [0.5, 0.6) is 0 Å². The second-order valence-electron chi connectivity index (χ2n) is 1.72. The van der Waals surface area contributed by atoms with E-state index in [0.717, 1.165) is 0 Å². The van der Waals surface area contributed by atoms with Gasteiger partial charge in [0.25, 0.3) is 0 Å². The van der Waals surface area contributed by atoms with Crippen LogP contribution in [-0.2, 0) is 4.79 Å². The Morgan fingerprint density at radius 2 is 1.88 bits per heavy atom. The Balaban J connectivity index is 3.91. The summed E-state index contributed by atoms with van der Waals surface area (Å²) in [5.41, 5.74) is 0. The minimum atomic E-state index is -3.06. The van der Waals surface area contributed by atoms with E-state index < -0.39 is 6.80 Å². The SMILES string of the molecule is C[SH](Cl)(Cl)(Cl)CC=O. The molecular formula is C3H7Cl3OS. The van der Waals surface area contributed by atoms with Crippen LogP contribution in [0.25, 0.3) is 0 Å². The maximum Gasteiger partial charge on any atom is 0.129 e. The Kier molecular flexibility index (Phi) is 2.51. The summed E-state index contributed by atoms with van der Waals surface area (Å²) in [6.45, 7) is -3.06. The minimum absolute atomic E-state index is 0.0519. The predicted molar refractivity (Wildman–Crippen MR) is 43.4 cm³/mol. The van der Waals surface area contributed by atoms with Crippen LogP contribution >= 0.6 is 38.8 Å². The van der Waals surface area contributed by atoms with E-state index >= 15 is 0 Å². The molecule has 0 aliphatic carbocycles. The highest BCUT2D eigenvalue weighted by atomic mass is 36.2. The van der Waals surface area contributed by atoms with E-state index in [1.165, 1.54) is 6.26 Å². The van der Waals surface area contributed by atoms with Gasteiger partial charge in [-0.25, -0.2) is 0 Å². The van der Waals surface area contributed by atoms with Gasteiger partial charge in [0.15, 0.2) is 0 Å². The van der Waals surface area contributed by atoms with Crippen LogP contribution in [-0.4, -0.2) is 18.3 Å². The first-order chi connectivity index (χ1) is 3.31. The molecule has 0 heterocycles. The number of aldehydes is 1. The first-order valence-electron chi connectivity index (χ1n) is 1.91. The van der Waals surface area contributed by atoms with Crippen molar-refractivity contribution in [3.63, 3.8) is 0 Å². The minimum Gasteiger partial charge on any atom is -0.302 e. The van der Waals surface area contributed by atoms with Crippen molar-refractivity contribution in [3.05, 3.63) is 0 Å². The van der Waals surface area contributed by atoms with E-state index in [0.29, 0.717) is 6.29 Å². The molecule has 0 amide bonds. The highest BCUT2D eigenvalue weighted by molar-refractivity contribution is 8.91. The van der Waals surface area contributed by atoms with Crippen LogP contribution in [0.1, 0.15) is 0 Å². The summed E-state index contributed by atoms with van der Waals surface area (Å²) in [6.07, 6.45) is 2.12. The van der Waals surface area contributed by atoms with Crippen LogP contribution in [0, 0.1) is 0 Å². The largest absolute Gasteiger partial charge is 0.302 e. The van der Waals surface area contributed by atoms with Crippen LogP contribution < -0.4 is 0 Å². The van der Waals surface area contributed by atoms with Crippen LogP contribution in [0.15, 0.2) is 0 Å². The third-order valence-corrected chi connectivity index (χ3v) is 2.63. The summed E-state index contributed by atoms with van der Waals surface area (Å²) >= 11 is 0. The molecule has 0 aliphatic rings. The Morgan fingerprint density at radius 3 is 1.88 bits per heavy atom. The van der Waals surface area contributed by atoms with Gasteiger partial charge in [-0.1, -0.05) is 32.0 Å². The molecule has 0 unspecified atom stereocenters. The van der Waals surface area contributed by atoms with Crippen molar-refractivity contribution in [2.45, 2.75) is 0 Å². The molecule has 0 radical (unpaired) electrons. The van der Waals surface area contributed by atoms with E-state index in [1.807, 2.05) is 0 Å². The lowest BCUT2D eigenvalue weighted by Gasteiger charge is -2.35. The molecule has 0 fully saturated rings. The molecule has 0 bridgehead atoms. The molecule has 0 spiro atoms. The summed E-state index contributed by atoms with van der Waals surface area (Å²) in [7, 11) is 16.6. The van der Waals surface area contributed by atoms with Gasteiger partial charge in [0.1, 0.15) is 6.29 Å². The fourth-order valence-corrected chi connectivity index (χ4v) is 0.984. The number of hydrogen-bond acceptors (Lipinski definition) is 1. The molecule has 8 heavy (non-hydrogen) atoms. The van der Waals surface area contributed by atoms with Crippen molar-refractivity contribution in [2.75, 3.05) is 12.0 Å². The van der Waals surface area contributed by atoms with Gasteiger partial charge in [-0.15, -0.1) is 6.80 Å². The number of halogens is 3. The third kappa shape index (κ3) is 6.89. The first-order valence-corrected chi connectivity index (χ1v) is 7.50. The smallest absolute Gasteiger partial charge is 0.129 e. The van der Waals surface area contributed by atoms with Gasteiger partial charge in [0.05, 0.1) is 5.75 Å². The number of rotatable bonds is 2. The summed E-state index contributed by atoms with van der Waals surface area (Å²) in [5, 5.41) is 0. The fraction of sp³-hybridized carbons (Fsp3) is 0.667. The van der Waals surface area contributed by atoms with Gasteiger partial charge in [-0.2, -0.15) is 0 Å². The zero-order valence-corrected chi connectivity index (χ0v) is 7.44. The normalized spacial score (nSPS) is 16.8. The Bertz CT molecular complexity index is 95.6. The lowest BCUT2D eigenvalue weighted by molar-refractivity contribution is -0.105. The zero-order valence-electron chi connectivity index (χ0n) is 4.27. The standard InChI is InChI=1S/C3H7Cl3OS/c1-8(4,5,6)3-2-7/h2,8H,3H2,1H3. The summed E-state index contributed by atoms with van der Waals surface area (Å²) in [4.78, 5) is 9.80. The first kappa shape index (κ1) is 8.89. The second kappa shape index (κ2) is 2.25. The molecule has 0 saturated heterocycles. The van der Waals surface area contributed by atoms with Crippen molar-refractivity contribution < 1.29 is 4.79 Å². The maximum absolute atomic E-state index is 9.80. The molecule has 0 aromatic heterocycles. The Hall–Kier alpha value is 0.890. The van der Waals surface area contributed by atoms with Crippen molar-refractivity contribution in [3.8, 4) is 0 Å². The number of thiol groups is 1. The highest BCUT2D eigenvalue weighted by Gasteiger charge is 2.25. The van der Waals surface area contributed by atoms with Crippen molar-refractivity contribution in [2.24, 2.45) is 0 Å². The topological polar surface area (TPSA) is 17.1 Å². The zero-order chi connectivity index (χ0) is 6.86.